The number of hydrogen-bond donors (Lipinski definition) is 0. The third-order valence-electron chi connectivity index (χ3n) is 3.47. The van der Waals surface area contributed by atoms with Crippen LogP contribution in [0.2, 0.25) is 0 Å². The van der Waals surface area contributed by atoms with Gasteiger partial charge in [0.25, 0.3) is 0 Å². The first-order valence-corrected chi connectivity index (χ1v) is 6.80. The minimum absolute atomic E-state index is 0.0341. The molecule has 2 aromatic rings. The minimum Gasteiger partial charge on any atom is -0.345 e. The largest absolute Gasteiger partial charge is 0.345 e. The molecule has 3 heteroatoms. The lowest BCUT2D eigenvalue weighted by molar-refractivity contribution is -0.129. The van der Waals surface area contributed by atoms with Crippen LogP contribution in [0.3, 0.4) is 0 Å². The summed E-state index contributed by atoms with van der Waals surface area (Å²) in [6.45, 7) is 0.679. The quantitative estimate of drug-likeness (QED) is 0.834. The molecule has 1 amide bonds. The van der Waals surface area contributed by atoms with Gasteiger partial charge in [0.1, 0.15) is 0 Å². The molecule has 0 aromatic heterocycles. The highest BCUT2D eigenvalue weighted by molar-refractivity contribution is 5.85. The Balaban J connectivity index is 2.03. The lowest BCUT2D eigenvalue weighted by Crippen LogP contribution is -2.28. The second kappa shape index (κ2) is 6.72. The zero-order chi connectivity index (χ0) is 14.4. The molecule has 0 saturated heterocycles. The second-order valence-corrected chi connectivity index (χ2v) is 4.86. The highest BCUT2D eigenvalue weighted by Gasteiger charge is 2.09. The smallest absolute Gasteiger partial charge is 0.223 e. The number of rotatable bonds is 5. The van der Waals surface area contributed by atoms with Gasteiger partial charge in [0.15, 0.2) is 0 Å². The van der Waals surface area contributed by atoms with Crippen LogP contribution in [0.15, 0.2) is 42.5 Å². The molecule has 0 radical (unpaired) electrons. The fourth-order valence-corrected chi connectivity index (χ4v) is 2.28. The van der Waals surface area contributed by atoms with Crippen molar-refractivity contribution in [3.05, 3.63) is 48.0 Å². The fraction of sp³-hybridized carbons (Fsp3) is 0.294. The maximum Gasteiger partial charge on any atom is 0.223 e. The van der Waals surface area contributed by atoms with Crippen LogP contribution >= 0.6 is 0 Å². The van der Waals surface area contributed by atoms with Crippen LogP contribution in [0.4, 0.5) is 0 Å². The summed E-state index contributed by atoms with van der Waals surface area (Å²) in [5.74, 6) is 0.0341. The van der Waals surface area contributed by atoms with E-state index in [1.807, 2.05) is 18.2 Å². The van der Waals surface area contributed by atoms with Gasteiger partial charge < -0.3 is 4.90 Å². The Labute approximate surface area is 119 Å². The number of benzene rings is 2. The van der Waals surface area contributed by atoms with Gasteiger partial charge >= 0.3 is 0 Å². The molecule has 0 unspecified atom stereocenters. The van der Waals surface area contributed by atoms with Crippen molar-refractivity contribution in [3.63, 3.8) is 0 Å². The first-order chi connectivity index (χ1) is 9.72. The lowest BCUT2D eigenvalue weighted by atomic mass is 10.0. The molecule has 2 aromatic carbocycles. The summed E-state index contributed by atoms with van der Waals surface area (Å²) < 4.78 is 0. The van der Waals surface area contributed by atoms with Crippen LogP contribution in [-0.2, 0) is 11.2 Å². The van der Waals surface area contributed by atoms with Gasteiger partial charge in [-0.25, -0.2) is 0 Å². The maximum absolute atomic E-state index is 11.8. The normalized spacial score (nSPS) is 10.2. The van der Waals surface area contributed by atoms with E-state index in [-0.39, 0.29) is 12.3 Å². The van der Waals surface area contributed by atoms with E-state index in [9.17, 15) is 4.79 Å². The van der Waals surface area contributed by atoms with Crippen molar-refractivity contribution in [2.24, 2.45) is 0 Å². The van der Waals surface area contributed by atoms with Crippen molar-refractivity contribution >= 4 is 16.7 Å². The Bertz CT molecular complexity index is 637. The predicted molar refractivity (Wildman–Crippen MR) is 80.1 cm³/mol. The first-order valence-electron chi connectivity index (χ1n) is 6.80. The van der Waals surface area contributed by atoms with Gasteiger partial charge in [-0.2, -0.15) is 5.26 Å². The van der Waals surface area contributed by atoms with Crippen molar-refractivity contribution in [1.82, 2.24) is 4.90 Å². The van der Waals surface area contributed by atoms with Gasteiger partial charge in [-0.05, 0) is 22.8 Å². The molecule has 0 N–H and O–H groups in total. The molecule has 0 spiro atoms. The number of fused-ring (bicyclic) bond motifs is 1. The van der Waals surface area contributed by atoms with Crippen molar-refractivity contribution in [3.8, 4) is 6.07 Å². The minimum atomic E-state index is 0.0341. The number of nitriles is 1. The van der Waals surface area contributed by atoms with Crippen molar-refractivity contribution in [1.29, 1.82) is 5.26 Å². The summed E-state index contributed by atoms with van der Waals surface area (Å²) in [5, 5.41) is 11.0. The van der Waals surface area contributed by atoms with E-state index in [0.717, 1.165) is 6.42 Å². The molecule has 0 atom stereocenters. The predicted octanol–water partition coefficient (Wildman–Crippen LogP) is 3.14. The number of amides is 1. The second-order valence-electron chi connectivity index (χ2n) is 4.86. The van der Waals surface area contributed by atoms with Crippen molar-refractivity contribution in [2.75, 3.05) is 13.6 Å². The molecule has 3 nitrogen and oxygen atoms in total. The molecule has 0 aliphatic heterocycles. The third-order valence-corrected chi connectivity index (χ3v) is 3.47. The van der Waals surface area contributed by atoms with Gasteiger partial charge in [0, 0.05) is 26.4 Å². The van der Waals surface area contributed by atoms with Crippen LogP contribution in [0, 0.1) is 11.3 Å². The summed E-state index contributed by atoms with van der Waals surface area (Å²) in [7, 11) is 1.80. The van der Waals surface area contributed by atoms with E-state index in [4.69, 9.17) is 5.26 Å². The molecular weight excluding hydrogens is 248 g/mol. The average Bonchev–Trinajstić information content (AvgIpc) is 2.50. The first kappa shape index (κ1) is 14.1. The van der Waals surface area contributed by atoms with Gasteiger partial charge in [-0.15, -0.1) is 0 Å². The molecule has 0 fully saturated rings. The number of likely N-dealkylation sites (N-methyl/N-ethyl adjacent to an activating group) is 1. The van der Waals surface area contributed by atoms with Gasteiger partial charge in [0.2, 0.25) is 5.91 Å². The molecule has 0 aliphatic rings. The van der Waals surface area contributed by atoms with E-state index < -0.39 is 0 Å². The molecule has 2 rings (SSSR count). The summed E-state index contributed by atoms with van der Waals surface area (Å²) in [5.41, 5.74) is 1.25. The standard InChI is InChI=1S/C17H18N2O/c1-19(17(20)10-5-12-18)13-11-15-8-4-7-14-6-2-3-9-16(14)15/h2-4,6-9H,5,10-11,13H2,1H3. The lowest BCUT2D eigenvalue weighted by Gasteiger charge is -2.17. The van der Waals surface area contributed by atoms with E-state index in [1.54, 1.807) is 11.9 Å². The van der Waals surface area contributed by atoms with Crippen LogP contribution in [-0.4, -0.2) is 24.4 Å². The van der Waals surface area contributed by atoms with E-state index in [2.05, 4.69) is 30.3 Å². The van der Waals surface area contributed by atoms with E-state index >= 15 is 0 Å². The Morgan fingerprint density at radius 2 is 1.95 bits per heavy atom. The van der Waals surface area contributed by atoms with Gasteiger partial charge in [0.05, 0.1) is 6.07 Å². The molecule has 20 heavy (non-hydrogen) atoms. The number of carbonyl (C=O) groups is 1. The molecule has 0 heterocycles. The summed E-state index contributed by atoms with van der Waals surface area (Å²) in [6, 6.07) is 16.5. The summed E-state index contributed by atoms with van der Waals surface area (Å²) in [6.07, 6.45) is 1.43. The fourth-order valence-electron chi connectivity index (χ4n) is 2.28. The maximum atomic E-state index is 11.8. The summed E-state index contributed by atoms with van der Waals surface area (Å²) >= 11 is 0. The Morgan fingerprint density at radius 3 is 2.75 bits per heavy atom. The number of nitrogens with zero attached hydrogens (tertiary/aromatic N) is 2. The Hall–Kier alpha value is -2.34. The van der Waals surface area contributed by atoms with E-state index in [0.29, 0.717) is 13.0 Å². The van der Waals surface area contributed by atoms with Gasteiger partial charge in [-0.1, -0.05) is 42.5 Å². The molecule has 102 valence electrons. The van der Waals surface area contributed by atoms with E-state index in [1.165, 1.54) is 16.3 Å². The SMILES string of the molecule is CN(CCc1cccc2ccccc12)C(=O)CCC#N. The van der Waals surface area contributed by atoms with Gasteiger partial charge in [-0.3, -0.25) is 4.79 Å². The zero-order valence-corrected chi connectivity index (χ0v) is 11.7. The van der Waals surface area contributed by atoms with Crippen LogP contribution in [0.1, 0.15) is 18.4 Å². The van der Waals surface area contributed by atoms with Crippen molar-refractivity contribution < 1.29 is 4.79 Å². The molecule has 0 saturated carbocycles. The monoisotopic (exact) mass is 266 g/mol. The Morgan fingerprint density at radius 1 is 1.20 bits per heavy atom. The van der Waals surface area contributed by atoms with Crippen LogP contribution in [0.25, 0.3) is 10.8 Å². The van der Waals surface area contributed by atoms with Crippen LogP contribution in [0.5, 0.6) is 0 Å². The molecular formula is C17H18N2O. The topological polar surface area (TPSA) is 44.1 Å². The number of hydrogen-bond acceptors (Lipinski definition) is 2. The Kier molecular flexibility index (Phi) is 4.73. The van der Waals surface area contributed by atoms with Crippen LogP contribution < -0.4 is 0 Å². The number of carbonyl (C=O) groups excluding carboxylic acids is 1. The average molecular weight is 266 g/mol. The highest BCUT2D eigenvalue weighted by Crippen LogP contribution is 2.19. The van der Waals surface area contributed by atoms with Crippen molar-refractivity contribution in [2.45, 2.75) is 19.3 Å². The molecule has 0 bridgehead atoms. The third kappa shape index (κ3) is 3.36. The summed E-state index contributed by atoms with van der Waals surface area (Å²) in [4.78, 5) is 13.5. The molecule has 0 aliphatic carbocycles. The zero-order valence-electron chi connectivity index (χ0n) is 11.7. The highest BCUT2D eigenvalue weighted by atomic mass is 16.2.